The summed E-state index contributed by atoms with van der Waals surface area (Å²) in [6.07, 6.45) is 0.662. The number of benzene rings is 4. The molecule has 0 unspecified atom stereocenters. The molecule has 194 valence electrons. The first-order valence-electron chi connectivity index (χ1n) is 12.5. The summed E-state index contributed by atoms with van der Waals surface area (Å²) in [7, 11) is 0. The van der Waals surface area contributed by atoms with Crippen LogP contribution in [0.15, 0.2) is 115 Å². The van der Waals surface area contributed by atoms with Gasteiger partial charge in [-0.25, -0.2) is 9.07 Å². The Kier molecular flexibility index (Phi) is 7.54. The van der Waals surface area contributed by atoms with Gasteiger partial charge in [0.05, 0.1) is 16.3 Å². The SMILES string of the molecule is O=C(NCCC(c1ccccc1)c1ccccc1)c1cc(-c2ccc(F)cc2)nn1-c1cccc([N+](=O)[O-])c1. The van der Waals surface area contributed by atoms with Crippen molar-refractivity contribution in [3.8, 4) is 16.9 Å². The molecule has 39 heavy (non-hydrogen) atoms. The molecule has 7 nitrogen and oxygen atoms in total. The fourth-order valence-corrected chi connectivity index (χ4v) is 4.56. The van der Waals surface area contributed by atoms with Crippen LogP contribution in [0.2, 0.25) is 0 Å². The van der Waals surface area contributed by atoms with E-state index in [9.17, 15) is 19.3 Å². The zero-order valence-electron chi connectivity index (χ0n) is 20.9. The van der Waals surface area contributed by atoms with E-state index in [1.807, 2.05) is 36.4 Å². The first kappa shape index (κ1) is 25.5. The Morgan fingerprint density at radius 2 is 1.51 bits per heavy atom. The average Bonchev–Trinajstić information content (AvgIpc) is 3.42. The number of hydrogen-bond acceptors (Lipinski definition) is 4. The maximum Gasteiger partial charge on any atom is 0.271 e. The number of carbonyl (C=O) groups excluding carboxylic acids is 1. The van der Waals surface area contributed by atoms with Crippen LogP contribution >= 0.6 is 0 Å². The van der Waals surface area contributed by atoms with Crippen LogP contribution in [0, 0.1) is 15.9 Å². The lowest BCUT2D eigenvalue weighted by atomic mass is 9.88. The molecule has 0 spiro atoms. The largest absolute Gasteiger partial charge is 0.351 e. The molecule has 0 saturated heterocycles. The van der Waals surface area contributed by atoms with E-state index < -0.39 is 4.92 Å². The number of nitro benzene ring substituents is 1. The molecule has 1 aromatic heterocycles. The van der Waals surface area contributed by atoms with Crippen LogP contribution in [0.4, 0.5) is 10.1 Å². The monoisotopic (exact) mass is 520 g/mol. The van der Waals surface area contributed by atoms with Crippen molar-refractivity contribution in [3.05, 3.63) is 148 Å². The Balaban J connectivity index is 1.42. The second kappa shape index (κ2) is 11.5. The molecule has 0 aliphatic carbocycles. The number of halogens is 1. The summed E-state index contributed by atoms with van der Waals surface area (Å²) in [5.74, 6) is -0.673. The predicted molar refractivity (Wildman–Crippen MR) is 147 cm³/mol. The van der Waals surface area contributed by atoms with Gasteiger partial charge in [0.25, 0.3) is 11.6 Å². The standard InChI is InChI=1S/C31H25FN4O3/c32-25-16-14-24(15-17-25)29-21-30(35(34-29)26-12-7-13-27(20-26)36(38)39)31(37)33-19-18-28(22-8-3-1-4-9-22)23-10-5-2-6-11-23/h1-17,20-21,28H,18-19H2,(H,33,37). The van der Waals surface area contributed by atoms with E-state index in [1.54, 1.807) is 30.3 Å². The third-order valence-electron chi connectivity index (χ3n) is 6.49. The van der Waals surface area contributed by atoms with Crippen molar-refractivity contribution in [1.82, 2.24) is 15.1 Å². The third-order valence-corrected chi connectivity index (χ3v) is 6.49. The van der Waals surface area contributed by atoms with Crippen LogP contribution in [-0.2, 0) is 0 Å². The van der Waals surface area contributed by atoms with Crippen molar-refractivity contribution in [3.63, 3.8) is 0 Å². The Labute approximate surface area is 224 Å². The van der Waals surface area contributed by atoms with E-state index in [4.69, 9.17) is 0 Å². The highest BCUT2D eigenvalue weighted by Crippen LogP contribution is 2.28. The van der Waals surface area contributed by atoms with E-state index in [0.717, 1.165) is 11.1 Å². The average molecular weight is 521 g/mol. The van der Waals surface area contributed by atoms with Gasteiger partial charge in [0, 0.05) is 30.2 Å². The molecule has 0 saturated carbocycles. The minimum absolute atomic E-state index is 0.0872. The Morgan fingerprint density at radius 3 is 2.13 bits per heavy atom. The van der Waals surface area contributed by atoms with E-state index in [0.29, 0.717) is 29.9 Å². The maximum absolute atomic E-state index is 13.5. The highest BCUT2D eigenvalue weighted by Gasteiger charge is 2.20. The number of nitrogens with one attached hydrogen (secondary N) is 1. The molecule has 0 aliphatic heterocycles. The molecule has 5 rings (SSSR count). The Bertz CT molecular complexity index is 1550. The minimum Gasteiger partial charge on any atom is -0.351 e. The molecular formula is C31H25FN4O3. The highest BCUT2D eigenvalue weighted by atomic mass is 19.1. The minimum atomic E-state index is -0.499. The molecule has 1 heterocycles. The lowest BCUT2D eigenvalue weighted by Crippen LogP contribution is -2.28. The quantitative estimate of drug-likeness (QED) is 0.177. The van der Waals surface area contributed by atoms with E-state index in [2.05, 4.69) is 34.7 Å². The summed E-state index contributed by atoms with van der Waals surface area (Å²) >= 11 is 0. The van der Waals surface area contributed by atoms with Gasteiger partial charge in [0.15, 0.2) is 0 Å². The zero-order valence-corrected chi connectivity index (χ0v) is 20.9. The van der Waals surface area contributed by atoms with Gasteiger partial charge in [-0.2, -0.15) is 5.10 Å². The van der Waals surface area contributed by atoms with Crippen molar-refractivity contribution in [2.45, 2.75) is 12.3 Å². The Morgan fingerprint density at radius 1 is 0.872 bits per heavy atom. The number of aromatic nitrogens is 2. The van der Waals surface area contributed by atoms with Crippen LogP contribution in [0.1, 0.15) is 34.0 Å². The van der Waals surface area contributed by atoms with Crippen LogP contribution in [0.3, 0.4) is 0 Å². The molecule has 0 aliphatic rings. The molecule has 1 N–H and O–H groups in total. The molecule has 0 bridgehead atoms. The number of amides is 1. The third kappa shape index (κ3) is 5.91. The normalized spacial score (nSPS) is 10.9. The number of hydrogen-bond donors (Lipinski definition) is 1. The smallest absolute Gasteiger partial charge is 0.271 e. The second-order valence-electron chi connectivity index (χ2n) is 9.03. The molecular weight excluding hydrogens is 495 g/mol. The van der Waals surface area contributed by atoms with Gasteiger partial charge < -0.3 is 5.32 Å². The van der Waals surface area contributed by atoms with E-state index in [1.165, 1.54) is 28.9 Å². The van der Waals surface area contributed by atoms with E-state index >= 15 is 0 Å². The lowest BCUT2D eigenvalue weighted by molar-refractivity contribution is -0.384. The van der Waals surface area contributed by atoms with Crippen LogP contribution < -0.4 is 5.32 Å². The first-order chi connectivity index (χ1) is 19.0. The van der Waals surface area contributed by atoms with Crippen molar-refractivity contribution in [2.75, 3.05) is 6.54 Å². The van der Waals surface area contributed by atoms with Crippen LogP contribution in [0.25, 0.3) is 16.9 Å². The van der Waals surface area contributed by atoms with E-state index in [-0.39, 0.29) is 29.0 Å². The zero-order chi connectivity index (χ0) is 27.2. The van der Waals surface area contributed by atoms with Gasteiger partial charge in [0.1, 0.15) is 11.5 Å². The number of non-ortho nitro benzene ring substituents is 1. The van der Waals surface area contributed by atoms with Crippen molar-refractivity contribution < 1.29 is 14.1 Å². The van der Waals surface area contributed by atoms with Gasteiger partial charge in [-0.05, 0) is 53.9 Å². The van der Waals surface area contributed by atoms with Crippen molar-refractivity contribution >= 4 is 11.6 Å². The van der Waals surface area contributed by atoms with Gasteiger partial charge in [0.2, 0.25) is 0 Å². The second-order valence-corrected chi connectivity index (χ2v) is 9.03. The van der Waals surface area contributed by atoms with Gasteiger partial charge in [-0.3, -0.25) is 14.9 Å². The lowest BCUT2D eigenvalue weighted by Gasteiger charge is -2.18. The molecule has 0 fully saturated rings. The number of rotatable bonds is 9. The van der Waals surface area contributed by atoms with Crippen molar-refractivity contribution in [2.24, 2.45) is 0 Å². The van der Waals surface area contributed by atoms with Gasteiger partial charge in [-0.1, -0.05) is 66.7 Å². The fourth-order valence-electron chi connectivity index (χ4n) is 4.56. The van der Waals surface area contributed by atoms with Crippen LogP contribution in [-0.4, -0.2) is 27.2 Å². The fraction of sp³-hybridized carbons (Fsp3) is 0.0968. The van der Waals surface area contributed by atoms with Crippen LogP contribution in [0.5, 0.6) is 0 Å². The van der Waals surface area contributed by atoms with Gasteiger partial charge in [-0.15, -0.1) is 0 Å². The molecule has 8 heteroatoms. The van der Waals surface area contributed by atoms with Crippen molar-refractivity contribution in [1.29, 1.82) is 0 Å². The summed E-state index contributed by atoms with van der Waals surface area (Å²) in [6, 6.07) is 33.5. The molecule has 1 amide bonds. The number of nitro groups is 1. The number of carbonyl (C=O) groups is 1. The molecule has 0 radical (unpaired) electrons. The molecule has 5 aromatic rings. The Hall–Kier alpha value is -5.11. The van der Waals surface area contributed by atoms with Gasteiger partial charge >= 0.3 is 0 Å². The summed E-state index contributed by atoms with van der Waals surface area (Å²) in [6.45, 7) is 0.388. The highest BCUT2D eigenvalue weighted by molar-refractivity contribution is 5.94. The predicted octanol–water partition coefficient (Wildman–Crippen LogP) is 6.54. The molecule has 4 aromatic carbocycles. The maximum atomic E-state index is 13.5. The summed E-state index contributed by atoms with van der Waals surface area (Å²) in [5.41, 5.74) is 3.82. The summed E-state index contributed by atoms with van der Waals surface area (Å²) < 4.78 is 14.9. The summed E-state index contributed by atoms with van der Waals surface area (Å²) in [4.78, 5) is 24.3. The topological polar surface area (TPSA) is 90.1 Å². The first-order valence-corrected chi connectivity index (χ1v) is 12.5. The summed E-state index contributed by atoms with van der Waals surface area (Å²) in [5, 5.41) is 18.9. The number of nitrogens with zero attached hydrogens (tertiary/aromatic N) is 3. The molecule has 0 atom stereocenters.